The van der Waals surface area contributed by atoms with Crippen molar-refractivity contribution >= 4 is 6.29 Å². The van der Waals surface area contributed by atoms with Crippen LogP contribution in [-0.4, -0.2) is 38.7 Å². The average Bonchev–Trinajstić information content (AvgIpc) is 1.80. The van der Waals surface area contributed by atoms with Crippen molar-refractivity contribution in [2.75, 3.05) is 0 Å². The highest BCUT2D eigenvalue weighted by atomic mass is 16.9. The highest BCUT2D eigenvalue weighted by Crippen LogP contribution is 2.32. The van der Waals surface area contributed by atoms with Crippen LogP contribution in [0.15, 0.2) is 0 Å². The lowest BCUT2D eigenvalue weighted by Gasteiger charge is -2.37. The fourth-order valence-corrected chi connectivity index (χ4v) is 1.20. The second-order valence-electron chi connectivity index (χ2n) is 2.89. The van der Waals surface area contributed by atoms with Crippen molar-refractivity contribution in [2.24, 2.45) is 5.92 Å². The molecule has 0 bridgehead atoms. The fourth-order valence-electron chi connectivity index (χ4n) is 1.20. The van der Waals surface area contributed by atoms with Gasteiger partial charge < -0.3 is 25.2 Å². The molecule has 0 radical (unpaired) electrons. The molecule has 6 heteroatoms. The number of carbonyl (C=O) groups excluding carboxylic acids is 1. The van der Waals surface area contributed by atoms with Gasteiger partial charge in [-0.3, -0.25) is 4.74 Å². The third kappa shape index (κ3) is 2.23. The number of aldehydes is 1. The molecule has 1 heterocycles. The van der Waals surface area contributed by atoms with E-state index in [1.807, 2.05) is 0 Å². The summed E-state index contributed by atoms with van der Waals surface area (Å²) in [6.45, 7) is 0. The third-order valence-electron chi connectivity index (χ3n) is 1.58. The SMILES string of the molecule is O=CC1CC(O)(O)OC(O)(O)C1. The van der Waals surface area contributed by atoms with E-state index >= 15 is 0 Å². The van der Waals surface area contributed by atoms with Gasteiger partial charge in [-0.15, -0.1) is 0 Å². The lowest BCUT2D eigenvalue weighted by Crippen LogP contribution is -2.52. The maximum atomic E-state index is 10.2. The maximum Gasteiger partial charge on any atom is 0.282 e. The summed E-state index contributed by atoms with van der Waals surface area (Å²) < 4.78 is 4.06. The van der Waals surface area contributed by atoms with Gasteiger partial charge in [0.1, 0.15) is 6.29 Å². The van der Waals surface area contributed by atoms with Crippen molar-refractivity contribution in [2.45, 2.75) is 24.8 Å². The molecule has 0 aliphatic carbocycles. The van der Waals surface area contributed by atoms with Gasteiger partial charge in [-0.1, -0.05) is 0 Å². The molecule has 0 amide bonds. The van der Waals surface area contributed by atoms with Crippen LogP contribution in [0.25, 0.3) is 0 Å². The normalized spacial score (nSPS) is 28.3. The summed E-state index contributed by atoms with van der Waals surface area (Å²) in [5, 5.41) is 35.5. The molecule has 0 unspecified atom stereocenters. The van der Waals surface area contributed by atoms with Gasteiger partial charge >= 0.3 is 0 Å². The first kappa shape index (κ1) is 9.56. The van der Waals surface area contributed by atoms with Crippen molar-refractivity contribution < 1.29 is 30.0 Å². The van der Waals surface area contributed by atoms with Crippen molar-refractivity contribution in [3.05, 3.63) is 0 Å². The lowest BCUT2D eigenvalue weighted by atomic mass is 9.97. The molecule has 0 aromatic carbocycles. The highest BCUT2D eigenvalue weighted by Gasteiger charge is 2.46. The number of ether oxygens (including phenoxy) is 1. The molecule has 12 heavy (non-hydrogen) atoms. The van der Waals surface area contributed by atoms with Gasteiger partial charge in [0.2, 0.25) is 0 Å². The largest absolute Gasteiger partial charge is 0.343 e. The Morgan fingerprint density at radius 2 is 1.58 bits per heavy atom. The van der Waals surface area contributed by atoms with Crippen LogP contribution in [0, 0.1) is 5.92 Å². The van der Waals surface area contributed by atoms with Crippen molar-refractivity contribution in [1.82, 2.24) is 0 Å². The molecule has 1 aliphatic rings. The summed E-state index contributed by atoms with van der Waals surface area (Å²) >= 11 is 0. The molecule has 0 atom stereocenters. The van der Waals surface area contributed by atoms with E-state index in [0.29, 0.717) is 6.29 Å². The minimum Gasteiger partial charge on any atom is -0.343 e. The average molecular weight is 178 g/mol. The van der Waals surface area contributed by atoms with E-state index in [-0.39, 0.29) is 12.8 Å². The number of rotatable bonds is 1. The minimum atomic E-state index is -2.65. The Bertz CT molecular complexity index is 170. The summed E-state index contributed by atoms with van der Waals surface area (Å²) in [5.41, 5.74) is 0. The van der Waals surface area contributed by atoms with E-state index < -0.39 is 17.9 Å². The van der Waals surface area contributed by atoms with Gasteiger partial charge in [-0.05, 0) is 0 Å². The number of hydrogen-bond donors (Lipinski definition) is 4. The Balaban J connectivity index is 2.72. The van der Waals surface area contributed by atoms with Crippen molar-refractivity contribution in [3.63, 3.8) is 0 Å². The van der Waals surface area contributed by atoms with E-state index in [4.69, 9.17) is 20.4 Å². The number of aliphatic hydroxyl groups is 4. The third-order valence-corrected chi connectivity index (χ3v) is 1.58. The van der Waals surface area contributed by atoms with Crippen LogP contribution in [0.4, 0.5) is 0 Å². The summed E-state index contributed by atoms with van der Waals surface area (Å²) in [5.74, 6) is -6.12. The Labute approximate surface area is 68.0 Å². The molecule has 1 rings (SSSR count). The van der Waals surface area contributed by atoms with Gasteiger partial charge in [0.15, 0.2) is 0 Å². The van der Waals surface area contributed by atoms with Gasteiger partial charge in [0.25, 0.3) is 11.9 Å². The first-order valence-corrected chi connectivity index (χ1v) is 3.40. The molecule has 1 saturated heterocycles. The molecule has 0 aromatic rings. The zero-order chi connectivity index (χ0) is 9.41. The van der Waals surface area contributed by atoms with Crippen LogP contribution in [0.3, 0.4) is 0 Å². The summed E-state index contributed by atoms with van der Waals surface area (Å²) in [4.78, 5) is 10.2. The fraction of sp³-hybridized carbons (Fsp3) is 0.833. The molecular weight excluding hydrogens is 168 g/mol. The molecule has 1 aliphatic heterocycles. The standard InChI is InChI=1S/C6H10O6/c7-3-4-1-5(8,9)12-6(10,11)2-4/h3-4,8-11H,1-2H2. The van der Waals surface area contributed by atoms with Gasteiger partial charge in [0, 0.05) is 18.8 Å². The smallest absolute Gasteiger partial charge is 0.282 e. The van der Waals surface area contributed by atoms with E-state index in [2.05, 4.69) is 4.74 Å². The summed E-state index contributed by atoms with van der Waals surface area (Å²) in [7, 11) is 0. The Morgan fingerprint density at radius 3 is 1.92 bits per heavy atom. The molecule has 0 saturated carbocycles. The zero-order valence-electron chi connectivity index (χ0n) is 6.17. The summed E-state index contributed by atoms with van der Waals surface area (Å²) in [6.07, 6.45) is -0.302. The van der Waals surface area contributed by atoms with Crippen LogP contribution < -0.4 is 0 Å². The molecule has 6 nitrogen and oxygen atoms in total. The molecule has 0 aromatic heterocycles. The number of carbonyl (C=O) groups is 1. The first-order valence-electron chi connectivity index (χ1n) is 3.40. The van der Waals surface area contributed by atoms with Crippen LogP contribution >= 0.6 is 0 Å². The predicted molar refractivity (Wildman–Crippen MR) is 34.2 cm³/mol. The van der Waals surface area contributed by atoms with Crippen LogP contribution in [-0.2, 0) is 9.53 Å². The highest BCUT2D eigenvalue weighted by molar-refractivity contribution is 5.53. The summed E-state index contributed by atoms with van der Waals surface area (Å²) in [6, 6.07) is 0. The molecule has 1 fully saturated rings. The van der Waals surface area contributed by atoms with E-state index in [0.717, 1.165) is 0 Å². The monoisotopic (exact) mass is 178 g/mol. The van der Waals surface area contributed by atoms with Gasteiger partial charge in [-0.2, -0.15) is 0 Å². The Hall–Kier alpha value is -0.530. The van der Waals surface area contributed by atoms with Gasteiger partial charge in [-0.25, -0.2) is 0 Å². The molecule has 0 spiro atoms. The van der Waals surface area contributed by atoms with Crippen LogP contribution in [0.2, 0.25) is 0 Å². The maximum absolute atomic E-state index is 10.2. The second kappa shape index (κ2) is 2.75. The second-order valence-corrected chi connectivity index (χ2v) is 2.89. The minimum absolute atomic E-state index is 0.362. The first-order chi connectivity index (χ1) is 5.35. The van der Waals surface area contributed by atoms with Crippen molar-refractivity contribution in [3.8, 4) is 0 Å². The van der Waals surface area contributed by atoms with Gasteiger partial charge in [0.05, 0.1) is 0 Å². The Morgan fingerprint density at radius 1 is 1.17 bits per heavy atom. The van der Waals surface area contributed by atoms with E-state index in [1.54, 1.807) is 0 Å². The van der Waals surface area contributed by atoms with Crippen molar-refractivity contribution in [1.29, 1.82) is 0 Å². The van der Waals surface area contributed by atoms with Crippen LogP contribution in [0.1, 0.15) is 12.8 Å². The topological polar surface area (TPSA) is 107 Å². The van der Waals surface area contributed by atoms with E-state index in [1.165, 1.54) is 0 Å². The predicted octanol–water partition coefficient (Wildman–Crippen LogP) is -2.11. The zero-order valence-corrected chi connectivity index (χ0v) is 6.17. The lowest BCUT2D eigenvalue weighted by molar-refractivity contribution is -0.492. The van der Waals surface area contributed by atoms with E-state index in [9.17, 15) is 4.79 Å². The van der Waals surface area contributed by atoms with Crippen LogP contribution in [0.5, 0.6) is 0 Å². The molecular formula is C6H10O6. The molecule has 4 N–H and O–H groups in total. The molecule has 70 valence electrons. The quantitative estimate of drug-likeness (QED) is 0.270. The number of hydrogen-bond acceptors (Lipinski definition) is 6. The Kier molecular flexibility index (Phi) is 2.19.